The van der Waals surface area contributed by atoms with Gasteiger partial charge in [0.25, 0.3) is 11.8 Å². The molecule has 0 radical (unpaired) electrons. The number of amides is 2. The molecule has 36 heavy (non-hydrogen) atoms. The van der Waals surface area contributed by atoms with Gasteiger partial charge in [0, 0.05) is 30.6 Å². The van der Waals surface area contributed by atoms with E-state index in [1.807, 2.05) is 0 Å². The number of fused-ring (bicyclic) bond motifs is 3. The SMILES string of the molecule is CC(=O)Cc1c(C)nn(C)c1C(=O)NC12CCC(NC(=O)COc3ccc(Cl)c(F)c3)(CC1)C(O)C2. The lowest BCUT2D eigenvalue weighted by molar-refractivity contribution is -0.132. The van der Waals surface area contributed by atoms with Gasteiger partial charge in [0.1, 0.15) is 23.0 Å². The predicted molar refractivity (Wildman–Crippen MR) is 129 cm³/mol. The maximum Gasteiger partial charge on any atom is 0.270 e. The molecular formula is C25H30ClFN4O5. The molecule has 2 bridgehead atoms. The van der Waals surface area contributed by atoms with Crippen LogP contribution < -0.4 is 15.4 Å². The first-order chi connectivity index (χ1) is 16.9. The number of Topliss-reactive ketones (excluding diaryl/α,β-unsaturated/α-hetero) is 1. The van der Waals surface area contributed by atoms with E-state index in [1.54, 1.807) is 14.0 Å². The summed E-state index contributed by atoms with van der Waals surface area (Å²) in [6, 6.07) is 3.92. The Morgan fingerprint density at radius 3 is 2.56 bits per heavy atom. The van der Waals surface area contributed by atoms with E-state index < -0.39 is 28.9 Å². The summed E-state index contributed by atoms with van der Waals surface area (Å²) in [6.45, 7) is 2.90. The lowest BCUT2D eigenvalue weighted by atomic mass is 9.60. The van der Waals surface area contributed by atoms with Crippen molar-refractivity contribution in [1.82, 2.24) is 20.4 Å². The lowest BCUT2D eigenvalue weighted by Crippen LogP contribution is -2.70. The number of carbonyl (C=O) groups is 3. The summed E-state index contributed by atoms with van der Waals surface area (Å²) in [6.07, 6.45) is 1.61. The highest BCUT2D eigenvalue weighted by atomic mass is 35.5. The van der Waals surface area contributed by atoms with Gasteiger partial charge in [0.15, 0.2) is 6.61 Å². The van der Waals surface area contributed by atoms with E-state index in [-0.39, 0.29) is 41.9 Å². The number of aliphatic hydroxyl groups is 1. The molecule has 5 rings (SSSR count). The van der Waals surface area contributed by atoms with Gasteiger partial charge in [-0.05, 0) is 58.1 Å². The highest BCUT2D eigenvalue weighted by molar-refractivity contribution is 6.30. The van der Waals surface area contributed by atoms with Crippen LogP contribution in [0.4, 0.5) is 4.39 Å². The Morgan fingerprint density at radius 1 is 1.25 bits per heavy atom. The van der Waals surface area contributed by atoms with E-state index in [1.165, 1.54) is 23.7 Å². The van der Waals surface area contributed by atoms with Crippen molar-refractivity contribution in [2.75, 3.05) is 6.61 Å². The zero-order valence-electron chi connectivity index (χ0n) is 20.5. The van der Waals surface area contributed by atoms with Crippen LogP contribution in [0.25, 0.3) is 0 Å². The van der Waals surface area contributed by atoms with Crippen molar-refractivity contribution in [2.24, 2.45) is 7.05 Å². The van der Waals surface area contributed by atoms with Crippen LogP contribution in [0.1, 0.15) is 60.8 Å². The fraction of sp³-hybridized carbons (Fsp3) is 0.520. The summed E-state index contributed by atoms with van der Waals surface area (Å²) >= 11 is 5.66. The number of carbonyl (C=O) groups excluding carboxylic acids is 3. The molecule has 3 saturated carbocycles. The third-order valence-electron chi connectivity index (χ3n) is 7.34. The molecule has 0 spiro atoms. The minimum Gasteiger partial charge on any atom is -0.484 e. The largest absolute Gasteiger partial charge is 0.484 e. The molecule has 3 aliphatic rings. The molecule has 3 fully saturated rings. The summed E-state index contributed by atoms with van der Waals surface area (Å²) in [5, 5.41) is 21.3. The zero-order valence-corrected chi connectivity index (χ0v) is 21.2. The number of benzene rings is 1. The van der Waals surface area contributed by atoms with Crippen molar-refractivity contribution in [2.45, 2.75) is 69.6 Å². The van der Waals surface area contributed by atoms with Gasteiger partial charge in [-0.15, -0.1) is 0 Å². The molecule has 194 valence electrons. The Kier molecular flexibility index (Phi) is 7.12. The number of ketones is 1. The van der Waals surface area contributed by atoms with E-state index >= 15 is 0 Å². The molecule has 2 amide bonds. The molecule has 1 unspecified atom stereocenters. The first-order valence-corrected chi connectivity index (χ1v) is 12.2. The maximum atomic E-state index is 13.6. The first-order valence-electron chi connectivity index (χ1n) is 11.8. The Labute approximate surface area is 213 Å². The Balaban J connectivity index is 1.39. The molecule has 0 saturated heterocycles. The first kappa shape index (κ1) is 26.1. The minimum absolute atomic E-state index is 0.0394. The number of aliphatic hydroxyl groups excluding tert-OH is 1. The number of halogens is 2. The number of aromatic nitrogens is 2. The van der Waals surface area contributed by atoms with Gasteiger partial charge in [0.05, 0.1) is 22.4 Å². The van der Waals surface area contributed by atoms with Crippen molar-refractivity contribution >= 4 is 29.2 Å². The molecule has 3 aliphatic carbocycles. The number of ether oxygens (including phenoxy) is 1. The number of nitrogens with one attached hydrogen (secondary N) is 2. The molecule has 2 aromatic rings. The lowest BCUT2D eigenvalue weighted by Gasteiger charge is -2.56. The molecule has 3 N–H and O–H groups in total. The van der Waals surface area contributed by atoms with Crippen LogP contribution in [-0.4, -0.2) is 56.3 Å². The van der Waals surface area contributed by atoms with E-state index in [0.717, 1.165) is 6.07 Å². The molecule has 11 heteroatoms. The summed E-state index contributed by atoms with van der Waals surface area (Å²) in [5.41, 5.74) is 0.145. The molecule has 1 heterocycles. The second-order valence-corrected chi connectivity index (χ2v) is 10.3. The monoisotopic (exact) mass is 520 g/mol. The average molecular weight is 521 g/mol. The van der Waals surface area contributed by atoms with Crippen LogP contribution in [-0.2, 0) is 23.1 Å². The summed E-state index contributed by atoms with van der Waals surface area (Å²) in [7, 11) is 1.67. The number of hydrogen-bond donors (Lipinski definition) is 3. The summed E-state index contributed by atoms with van der Waals surface area (Å²) < 4.78 is 20.4. The van der Waals surface area contributed by atoms with E-state index in [4.69, 9.17) is 16.3 Å². The molecule has 1 aromatic heterocycles. The zero-order chi connectivity index (χ0) is 26.3. The summed E-state index contributed by atoms with van der Waals surface area (Å²) in [5.74, 6) is -1.29. The van der Waals surface area contributed by atoms with Gasteiger partial charge in [-0.25, -0.2) is 4.39 Å². The third-order valence-corrected chi connectivity index (χ3v) is 7.64. The van der Waals surface area contributed by atoms with Crippen molar-refractivity contribution < 1.29 is 28.6 Å². The second-order valence-electron chi connectivity index (χ2n) is 9.94. The second kappa shape index (κ2) is 9.82. The van der Waals surface area contributed by atoms with Crippen LogP contribution in [0.5, 0.6) is 5.75 Å². The topological polar surface area (TPSA) is 123 Å². The van der Waals surface area contributed by atoms with Crippen LogP contribution in [0.2, 0.25) is 5.02 Å². The molecule has 9 nitrogen and oxygen atoms in total. The Hall–Kier alpha value is -2.98. The maximum absolute atomic E-state index is 13.6. The van der Waals surface area contributed by atoms with Crippen molar-refractivity contribution in [3.05, 3.63) is 46.0 Å². The number of nitrogens with zero attached hydrogens (tertiary/aromatic N) is 2. The Bertz CT molecular complexity index is 1210. The highest BCUT2D eigenvalue weighted by Crippen LogP contribution is 2.47. The normalized spacial score (nSPS) is 24.9. The van der Waals surface area contributed by atoms with Crippen LogP contribution >= 0.6 is 11.6 Å². The van der Waals surface area contributed by atoms with Crippen molar-refractivity contribution in [3.63, 3.8) is 0 Å². The van der Waals surface area contributed by atoms with E-state index in [2.05, 4.69) is 15.7 Å². The van der Waals surface area contributed by atoms with Crippen LogP contribution in [0.15, 0.2) is 18.2 Å². The molecule has 1 atom stereocenters. The minimum atomic E-state index is -0.873. The quantitative estimate of drug-likeness (QED) is 0.491. The smallest absolute Gasteiger partial charge is 0.270 e. The van der Waals surface area contributed by atoms with Gasteiger partial charge in [-0.3, -0.25) is 19.1 Å². The number of rotatable bonds is 8. The highest BCUT2D eigenvalue weighted by Gasteiger charge is 2.55. The molecular weight excluding hydrogens is 491 g/mol. The summed E-state index contributed by atoms with van der Waals surface area (Å²) in [4.78, 5) is 37.6. The predicted octanol–water partition coefficient (Wildman–Crippen LogP) is 2.39. The number of aryl methyl sites for hydroxylation is 2. The van der Waals surface area contributed by atoms with Gasteiger partial charge in [-0.1, -0.05) is 11.6 Å². The van der Waals surface area contributed by atoms with Gasteiger partial charge in [-0.2, -0.15) is 5.10 Å². The Morgan fingerprint density at radius 2 is 1.94 bits per heavy atom. The van der Waals surface area contributed by atoms with E-state index in [0.29, 0.717) is 42.6 Å². The molecule has 0 aliphatic heterocycles. The van der Waals surface area contributed by atoms with Crippen LogP contribution in [0, 0.1) is 12.7 Å². The van der Waals surface area contributed by atoms with Gasteiger partial charge in [0.2, 0.25) is 0 Å². The van der Waals surface area contributed by atoms with Crippen molar-refractivity contribution in [1.29, 1.82) is 0 Å². The van der Waals surface area contributed by atoms with E-state index in [9.17, 15) is 23.9 Å². The molecule has 1 aromatic carbocycles. The number of hydrogen-bond acceptors (Lipinski definition) is 6. The van der Waals surface area contributed by atoms with Crippen LogP contribution in [0.3, 0.4) is 0 Å². The van der Waals surface area contributed by atoms with Crippen molar-refractivity contribution in [3.8, 4) is 5.75 Å². The van der Waals surface area contributed by atoms with Gasteiger partial charge < -0.3 is 20.5 Å². The third kappa shape index (κ3) is 5.10. The van der Waals surface area contributed by atoms with Gasteiger partial charge >= 0.3 is 0 Å². The fourth-order valence-electron chi connectivity index (χ4n) is 5.44. The average Bonchev–Trinajstić information content (AvgIpc) is 3.08. The standard InChI is InChI=1S/C25H30ClFN4O5/c1-14(32)10-17-15(2)30-31(3)22(17)23(35)29-24-6-8-25(9-7-24,20(33)12-24)28-21(34)13-36-16-4-5-18(26)19(27)11-16/h4-5,11,20,33H,6-10,12-13H2,1-3H3,(H,28,34)(H,29,35). The fourth-order valence-corrected chi connectivity index (χ4v) is 5.56.